The predicted molar refractivity (Wildman–Crippen MR) is 158 cm³/mol. The second kappa shape index (κ2) is 13.6. The molecular weight excluding hydrogens is 522 g/mol. The normalized spacial score (nSPS) is 18.5. The van der Waals surface area contributed by atoms with E-state index in [0.717, 1.165) is 38.9 Å². The number of rotatable bonds is 9. The molecule has 11 nitrogen and oxygen atoms in total. The Labute approximate surface area is 239 Å². The van der Waals surface area contributed by atoms with Crippen LogP contribution in [0.2, 0.25) is 0 Å². The van der Waals surface area contributed by atoms with Crippen LogP contribution in [-0.4, -0.2) is 70.9 Å². The number of allylic oxidation sites excluding steroid dienone is 1. The number of guanidine groups is 1. The van der Waals surface area contributed by atoms with Gasteiger partial charge in [0.1, 0.15) is 5.70 Å². The van der Waals surface area contributed by atoms with E-state index in [-0.39, 0.29) is 23.1 Å². The smallest absolute Gasteiger partial charge is 0.354 e. The van der Waals surface area contributed by atoms with E-state index in [1.165, 1.54) is 17.4 Å². The van der Waals surface area contributed by atoms with Gasteiger partial charge in [0.15, 0.2) is 12.2 Å². The van der Waals surface area contributed by atoms with Gasteiger partial charge < -0.3 is 25.3 Å². The lowest BCUT2D eigenvalue weighted by atomic mass is 9.89. The zero-order chi connectivity index (χ0) is 29.4. The van der Waals surface area contributed by atoms with Crippen molar-refractivity contribution in [2.75, 3.05) is 36.4 Å². The number of carbonyl (C=O) groups is 2. The van der Waals surface area contributed by atoms with Crippen LogP contribution in [0.1, 0.15) is 44.6 Å². The number of nitrogens with zero attached hydrogens (tertiary/aromatic N) is 5. The fourth-order valence-corrected chi connectivity index (χ4v) is 5.43. The van der Waals surface area contributed by atoms with Crippen LogP contribution in [0.3, 0.4) is 0 Å². The van der Waals surface area contributed by atoms with E-state index < -0.39 is 18.0 Å². The third-order valence-corrected chi connectivity index (χ3v) is 7.34. The molecule has 1 unspecified atom stereocenters. The summed E-state index contributed by atoms with van der Waals surface area (Å²) < 4.78 is 0. The Bertz CT molecular complexity index is 1390. The molecule has 2 heterocycles. The molecule has 4 rings (SSSR count). The molecule has 0 radical (unpaired) electrons. The van der Waals surface area contributed by atoms with Gasteiger partial charge in [-0.05, 0) is 82.4 Å². The van der Waals surface area contributed by atoms with Crippen LogP contribution in [0.15, 0.2) is 76.0 Å². The van der Waals surface area contributed by atoms with Crippen molar-refractivity contribution < 1.29 is 19.8 Å². The molecule has 41 heavy (non-hydrogen) atoms. The first kappa shape index (κ1) is 29.3. The Morgan fingerprint density at radius 2 is 1.83 bits per heavy atom. The Hall–Kier alpha value is -4.69. The molecule has 0 aromatic heterocycles. The first-order valence-corrected chi connectivity index (χ1v) is 13.6. The monoisotopic (exact) mass is 557 g/mol. The highest BCUT2D eigenvalue weighted by molar-refractivity contribution is 6.12. The number of piperidine rings is 1. The molecule has 2 aliphatic rings. The summed E-state index contributed by atoms with van der Waals surface area (Å²) in [5, 5.41) is 34.6. The second-order valence-corrected chi connectivity index (χ2v) is 10.1. The van der Waals surface area contributed by atoms with E-state index in [1.54, 1.807) is 31.2 Å². The number of anilines is 2. The van der Waals surface area contributed by atoms with Gasteiger partial charge in [-0.1, -0.05) is 36.4 Å². The molecule has 0 bridgehead atoms. The maximum absolute atomic E-state index is 12.1. The molecule has 0 amide bonds. The third-order valence-electron chi connectivity index (χ3n) is 7.34. The van der Waals surface area contributed by atoms with Crippen molar-refractivity contribution in [1.82, 2.24) is 10.2 Å². The van der Waals surface area contributed by atoms with Crippen molar-refractivity contribution in [3.63, 3.8) is 0 Å². The van der Waals surface area contributed by atoms with Gasteiger partial charge >= 0.3 is 11.9 Å². The van der Waals surface area contributed by atoms with Crippen molar-refractivity contribution in [2.45, 2.75) is 45.1 Å². The first-order valence-electron chi connectivity index (χ1n) is 13.6. The van der Waals surface area contributed by atoms with E-state index in [1.807, 2.05) is 12.3 Å². The van der Waals surface area contributed by atoms with Crippen LogP contribution in [-0.2, 0) is 9.59 Å². The van der Waals surface area contributed by atoms with E-state index in [2.05, 4.69) is 49.8 Å². The first-order chi connectivity index (χ1) is 19.8. The molecule has 11 heteroatoms. The Morgan fingerprint density at radius 3 is 2.49 bits per heavy atom. The molecule has 2 aliphatic heterocycles. The molecular formula is C30H35N7O4. The number of carboxylic acid groups (broad SMARTS) is 2. The minimum absolute atomic E-state index is 0.211. The van der Waals surface area contributed by atoms with Crippen molar-refractivity contribution >= 4 is 35.0 Å². The topological polar surface area (TPSA) is 154 Å². The van der Waals surface area contributed by atoms with Crippen molar-refractivity contribution in [3.8, 4) is 6.19 Å². The van der Waals surface area contributed by atoms with Gasteiger partial charge in [0.2, 0.25) is 5.96 Å². The molecule has 2 aromatic carbocycles. The standard InChI is InChI=1S/C30H35N7O4/c1-20-26(28(38)39)37(27(29(40)41)21(2)34-20)25-11-6-10-24(18-25)35-30(33-19-31)32-14-7-15-36-16-12-23(13-17-36)22-8-4-3-5-9-22/h3-6,8-11,18,23,26H,7,12-17H2,1-2H3,(H,38,39)(H,40,41)(H2,32,33,35). The number of hydrogen-bond acceptors (Lipinski definition) is 7. The summed E-state index contributed by atoms with van der Waals surface area (Å²) in [6.07, 6.45) is 4.99. The summed E-state index contributed by atoms with van der Waals surface area (Å²) in [4.78, 5) is 36.5. The van der Waals surface area contributed by atoms with Crippen molar-refractivity contribution in [1.29, 1.82) is 5.26 Å². The Morgan fingerprint density at radius 1 is 1.10 bits per heavy atom. The molecule has 2 aromatic rings. The summed E-state index contributed by atoms with van der Waals surface area (Å²) in [6, 6.07) is 16.0. The SMILES string of the molecule is CC1=NC(C)=C(C(=O)O)N(c2cccc(NC(=NCCCN3CCC(c4ccccc4)CC3)NC#N)c2)C1C(=O)O. The van der Waals surface area contributed by atoms with Gasteiger partial charge in [0.05, 0.1) is 5.70 Å². The number of hydrogen-bond donors (Lipinski definition) is 4. The summed E-state index contributed by atoms with van der Waals surface area (Å²) in [5.41, 5.74) is 2.55. The summed E-state index contributed by atoms with van der Waals surface area (Å²) in [5.74, 6) is -1.63. The fourth-order valence-electron chi connectivity index (χ4n) is 5.43. The average Bonchev–Trinajstić information content (AvgIpc) is 2.95. The van der Waals surface area contributed by atoms with Crippen molar-refractivity contribution in [3.05, 3.63) is 71.6 Å². The lowest BCUT2D eigenvalue weighted by molar-refractivity contribution is -0.137. The van der Waals surface area contributed by atoms with Gasteiger partial charge in [-0.2, -0.15) is 5.26 Å². The summed E-state index contributed by atoms with van der Waals surface area (Å²) >= 11 is 0. The van der Waals surface area contributed by atoms with E-state index in [4.69, 9.17) is 0 Å². The molecule has 1 atom stereocenters. The minimum atomic E-state index is -1.28. The summed E-state index contributed by atoms with van der Waals surface area (Å²) in [7, 11) is 0. The number of aliphatic imine (C=N–C) groups is 2. The third kappa shape index (κ3) is 7.29. The summed E-state index contributed by atoms with van der Waals surface area (Å²) in [6.45, 7) is 6.60. The lowest BCUT2D eigenvalue weighted by Gasteiger charge is -2.34. The van der Waals surface area contributed by atoms with E-state index in [0.29, 0.717) is 23.8 Å². The Kier molecular flexibility index (Phi) is 9.71. The molecule has 0 aliphatic carbocycles. The molecule has 1 fully saturated rings. The van der Waals surface area contributed by atoms with Crippen LogP contribution in [0.25, 0.3) is 0 Å². The van der Waals surface area contributed by atoms with Gasteiger partial charge in [0, 0.05) is 23.6 Å². The van der Waals surface area contributed by atoms with Gasteiger partial charge in [0.25, 0.3) is 0 Å². The number of aliphatic carboxylic acids is 2. The van der Waals surface area contributed by atoms with E-state index >= 15 is 0 Å². The highest BCUT2D eigenvalue weighted by Gasteiger charge is 2.38. The van der Waals surface area contributed by atoms with Crippen LogP contribution in [0.4, 0.5) is 11.4 Å². The maximum Gasteiger partial charge on any atom is 0.354 e. The van der Waals surface area contributed by atoms with Crippen molar-refractivity contribution in [2.24, 2.45) is 9.98 Å². The highest BCUT2D eigenvalue weighted by Crippen LogP contribution is 2.31. The zero-order valence-corrected chi connectivity index (χ0v) is 23.2. The number of likely N-dealkylation sites (tertiary alicyclic amines) is 1. The van der Waals surface area contributed by atoms with Gasteiger partial charge in [-0.25, -0.2) is 9.59 Å². The number of nitriles is 1. The largest absolute Gasteiger partial charge is 0.479 e. The van der Waals surface area contributed by atoms with Crippen LogP contribution < -0.4 is 15.5 Å². The molecule has 0 saturated carbocycles. The molecule has 0 spiro atoms. The lowest BCUT2D eigenvalue weighted by Crippen LogP contribution is -2.49. The fraction of sp³-hybridized carbons (Fsp3) is 0.367. The zero-order valence-electron chi connectivity index (χ0n) is 23.2. The average molecular weight is 558 g/mol. The number of benzene rings is 2. The Balaban J connectivity index is 1.39. The second-order valence-electron chi connectivity index (χ2n) is 10.1. The molecule has 1 saturated heterocycles. The van der Waals surface area contributed by atoms with Gasteiger partial charge in [-0.15, -0.1) is 0 Å². The predicted octanol–water partition coefficient (Wildman–Crippen LogP) is 3.85. The van der Waals surface area contributed by atoms with E-state index in [9.17, 15) is 25.1 Å². The molecule has 4 N–H and O–H groups in total. The van der Waals surface area contributed by atoms with Crippen LogP contribution in [0.5, 0.6) is 0 Å². The highest BCUT2D eigenvalue weighted by atomic mass is 16.4. The quantitative estimate of drug-likeness (QED) is 0.118. The molecule has 214 valence electrons. The van der Waals surface area contributed by atoms with Crippen LogP contribution in [0, 0.1) is 11.5 Å². The van der Waals surface area contributed by atoms with Crippen LogP contribution >= 0.6 is 0 Å². The maximum atomic E-state index is 12.1. The number of nitrogens with one attached hydrogen (secondary N) is 2. The minimum Gasteiger partial charge on any atom is -0.479 e. The van der Waals surface area contributed by atoms with Gasteiger partial charge in [-0.3, -0.25) is 15.3 Å². The number of carboxylic acids is 2.